The third-order valence-corrected chi connectivity index (χ3v) is 6.20. The predicted octanol–water partition coefficient (Wildman–Crippen LogP) is 1.77. The van der Waals surface area contributed by atoms with Gasteiger partial charge in [0, 0.05) is 31.2 Å². The number of hydrogen-bond acceptors (Lipinski definition) is 6. The van der Waals surface area contributed by atoms with Crippen molar-refractivity contribution in [2.24, 2.45) is 7.05 Å². The Balaban J connectivity index is 1.48. The molecule has 0 N–H and O–H groups in total. The van der Waals surface area contributed by atoms with Gasteiger partial charge in [-0.05, 0) is 24.8 Å². The van der Waals surface area contributed by atoms with E-state index in [2.05, 4.69) is 20.0 Å². The molecule has 0 aromatic carbocycles. The van der Waals surface area contributed by atoms with Crippen LogP contribution in [0.4, 0.5) is 11.5 Å². The van der Waals surface area contributed by atoms with Gasteiger partial charge in [0.15, 0.2) is 0 Å². The molecule has 8 heteroatoms. The molecule has 1 amide bonds. The molecule has 0 saturated carbocycles. The van der Waals surface area contributed by atoms with Crippen LogP contribution in [-0.2, 0) is 24.7 Å². The van der Waals surface area contributed by atoms with E-state index >= 15 is 0 Å². The maximum atomic E-state index is 12.7. The summed E-state index contributed by atoms with van der Waals surface area (Å²) in [6.45, 7) is 1.74. The molecular formula is C17H18N6OS. The molecule has 0 atom stereocenters. The molecule has 1 fully saturated rings. The number of piperazine rings is 1. The molecule has 128 valence electrons. The average Bonchev–Trinajstić information content (AvgIpc) is 3.30. The number of aromatic nitrogens is 4. The van der Waals surface area contributed by atoms with E-state index in [-0.39, 0.29) is 5.91 Å². The van der Waals surface area contributed by atoms with Crippen molar-refractivity contribution in [2.45, 2.75) is 19.3 Å². The Hall–Kier alpha value is -2.48. The molecule has 5 rings (SSSR count). The van der Waals surface area contributed by atoms with Gasteiger partial charge in [0.1, 0.15) is 17.0 Å². The van der Waals surface area contributed by atoms with Crippen molar-refractivity contribution in [3.8, 4) is 0 Å². The number of amides is 1. The zero-order chi connectivity index (χ0) is 17.0. The van der Waals surface area contributed by atoms with E-state index in [1.165, 1.54) is 22.2 Å². The molecular weight excluding hydrogens is 336 g/mol. The molecule has 1 saturated heterocycles. The number of thiophene rings is 1. The van der Waals surface area contributed by atoms with Gasteiger partial charge in [0.05, 0.1) is 23.8 Å². The van der Waals surface area contributed by atoms with Crippen LogP contribution in [0.25, 0.3) is 10.2 Å². The lowest BCUT2D eigenvalue weighted by atomic mass is 10.1. The van der Waals surface area contributed by atoms with Crippen molar-refractivity contribution < 1.29 is 4.79 Å². The van der Waals surface area contributed by atoms with Crippen LogP contribution in [0.2, 0.25) is 0 Å². The van der Waals surface area contributed by atoms with Crippen LogP contribution in [0.1, 0.15) is 16.9 Å². The summed E-state index contributed by atoms with van der Waals surface area (Å²) >= 11 is 1.78. The average molecular weight is 354 g/mol. The predicted molar refractivity (Wildman–Crippen MR) is 97.2 cm³/mol. The number of rotatable bonds is 2. The van der Waals surface area contributed by atoms with Crippen LogP contribution in [-0.4, -0.2) is 45.3 Å². The van der Waals surface area contributed by atoms with Crippen molar-refractivity contribution >= 4 is 39.0 Å². The number of aryl methyl sites for hydroxylation is 3. The van der Waals surface area contributed by atoms with Gasteiger partial charge in [-0.3, -0.25) is 9.48 Å². The largest absolute Gasteiger partial charge is 0.345 e. The van der Waals surface area contributed by atoms with Gasteiger partial charge in [-0.1, -0.05) is 0 Å². The molecule has 0 spiro atoms. The van der Waals surface area contributed by atoms with Crippen LogP contribution < -0.4 is 9.80 Å². The SMILES string of the molecule is Cn1cc(N2CCN(c3ncnc4sc5c(c34)CCC5)CC2=O)cn1. The van der Waals surface area contributed by atoms with E-state index in [1.807, 2.05) is 13.2 Å². The molecule has 7 nitrogen and oxygen atoms in total. The van der Waals surface area contributed by atoms with Gasteiger partial charge in [-0.25, -0.2) is 9.97 Å². The summed E-state index contributed by atoms with van der Waals surface area (Å²) in [6.07, 6.45) is 8.69. The second kappa shape index (κ2) is 5.52. The summed E-state index contributed by atoms with van der Waals surface area (Å²) in [6, 6.07) is 0. The number of carbonyl (C=O) groups is 1. The van der Waals surface area contributed by atoms with Crippen molar-refractivity contribution in [3.63, 3.8) is 0 Å². The first kappa shape index (κ1) is 14.8. The number of carbonyl (C=O) groups excluding carboxylic acids is 1. The lowest BCUT2D eigenvalue weighted by Gasteiger charge is -2.34. The number of fused-ring (bicyclic) bond motifs is 3. The van der Waals surface area contributed by atoms with E-state index in [9.17, 15) is 4.79 Å². The lowest BCUT2D eigenvalue weighted by molar-refractivity contribution is -0.117. The monoisotopic (exact) mass is 354 g/mol. The molecule has 0 bridgehead atoms. The van der Waals surface area contributed by atoms with Gasteiger partial charge >= 0.3 is 0 Å². The first-order valence-corrected chi connectivity index (χ1v) is 9.31. The van der Waals surface area contributed by atoms with E-state index in [1.54, 1.807) is 33.4 Å². The Kier molecular flexibility index (Phi) is 3.27. The minimum atomic E-state index is 0.0814. The molecule has 2 aliphatic rings. The molecule has 3 aromatic heterocycles. The van der Waals surface area contributed by atoms with Crippen LogP contribution in [0, 0.1) is 0 Å². The standard InChI is InChI=1S/C17H18N6OS/c1-21-8-11(7-20-21)23-6-5-22(9-14(23)24)16-15-12-3-2-4-13(12)25-17(15)19-10-18-16/h7-8,10H,2-6,9H2,1H3. The highest BCUT2D eigenvalue weighted by atomic mass is 32.1. The molecule has 3 aromatic rings. The van der Waals surface area contributed by atoms with E-state index in [0.29, 0.717) is 13.1 Å². The lowest BCUT2D eigenvalue weighted by Crippen LogP contribution is -2.50. The minimum absolute atomic E-state index is 0.0814. The fourth-order valence-corrected chi connectivity index (χ4v) is 5.05. The third-order valence-electron chi connectivity index (χ3n) is 5.00. The summed E-state index contributed by atoms with van der Waals surface area (Å²) in [5.41, 5.74) is 2.26. The molecule has 1 aliphatic carbocycles. The van der Waals surface area contributed by atoms with Crippen molar-refractivity contribution in [3.05, 3.63) is 29.2 Å². The van der Waals surface area contributed by atoms with Crippen LogP contribution in [0.3, 0.4) is 0 Å². The summed E-state index contributed by atoms with van der Waals surface area (Å²) in [4.78, 5) is 28.1. The van der Waals surface area contributed by atoms with Crippen molar-refractivity contribution in [2.75, 3.05) is 29.4 Å². The molecule has 0 unspecified atom stereocenters. The fourth-order valence-electron chi connectivity index (χ4n) is 3.83. The second-order valence-corrected chi connectivity index (χ2v) is 7.66. The first-order valence-electron chi connectivity index (χ1n) is 8.50. The summed E-state index contributed by atoms with van der Waals surface area (Å²) in [5, 5.41) is 5.34. The second-order valence-electron chi connectivity index (χ2n) is 6.57. The Bertz CT molecular complexity index is 977. The summed E-state index contributed by atoms with van der Waals surface area (Å²) in [5.74, 6) is 1.00. The quantitative estimate of drug-likeness (QED) is 0.702. The van der Waals surface area contributed by atoms with E-state index in [4.69, 9.17) is 0 Å². The highest BCUT2D eigenvalue weighted by Gasteiger charge is 2.30. The smallest absolute Gasteiger partial charge is 0.246 e. The number of nitrogens with zero attached hydrogens (tertiary/aromatic N) is 6. The summed E-state index contributed by atoms with van der Waals surface area (Å²) < 4.78 is 1.72. The van der Waals surface area contributed by atoms with E-state index < -0.39 is 0 Å². The van der Waals surface area contributed by atoms with E-state index in [0.717, 1.165) is 35.7 Å². The maximum Gasteiger partial charge on any atom is 0.246 e. The third kappa shape index (κ3) is 2.31. The van der Waals surface area contributed by atoms with Gasteiger partial charge in [0.25, 0.3) is 0 Å². The Morgan fingerprint density at radius 1 is 1.20 bits per heavy atom. The first-order chi connectivity index (χ1) is 12.2. The maximum absolute atomic E-state index is 12.7. The van der Waals surface area contributed by atoms with Gasteiger partial charge < -0.3 is 9.80 Å². The highest BCUT2D eigenvalue weighted by Crippen LogP contribution is 2.40. The van der Waals surface area contributed by atoms with Crippen LogP contribution in [0.15, 0.2) is 18.7 Å². The van der Waals surface area contributed by atoms with Crippen molar-refractivity contribution in [1.82, 2.24) is 19.7 Å². The van der Waals surface area contributed by atoms with Gasteiger partial charge in [0.2, 0.25) is 5.91 Å². The Labute approximate surface area is 148 Å². The number of hydrogen-bond donors (Lipinski definition) is 0. The van der Waals surface area contributed by atoms with Gasteiger partial charge in [-0.15, -0.1) is 11.3 Å². The molecule has 1 aliphatic heterocycles. The van der Waals surface area contributed by atoms with Crippen LogP contribution in [0.5, 0.6) is 0 Å². The normalized spacial score (nSPS) is 17.6. The molecule has 25 heavy (non-hydrogen) atoms. The minimum Gasteiger partial charge on any atom is -0.345 e. The van der Waals surface area contributed by atoms with Crippen molar-refractivity contribution in [1.29, 1.82) is 0 Å². The zero-order valence-corrected chi connectivity index (χ0v) is 14.8. The van der Waals surface area contributed by atoms with Crippen LogP contribution >= 0.6 is 11.3 Å². The summed E-state index contributed by atoms with van der Waals surface area (Å²) in [7, 11) is 1.86. The molecule has 4 heterocycles. The number of anilines is 2. The topological polar surface area (TPSA) is 67.2 Å². The zero-order valence-electron chi connectivity index (χ0n) is 14.0. The van der Waals surface area contributed by atoms with Gasteiger partial charge in [-0.2, -0.15) is 5.10 Å². The Morgan fingerprint density at radius 2 is 2.12 bits per heavy atom. The highest BCUT2D eigenvalue weighted by molar-refractivity contribution is 7.19. The molecule has 0 radical (unpaired) electrons. The fraction of sp³-hybridized carbons (Fsp3) is 0.412. The Morgan fingerprint density at radius 3 is 2.92 bits per heavy atom.